The van der Waals surface area contributed by atoms with Gasteiger partial charge in [0.05, 0.1) is 7.11 Å². The molecule has 1 fully saturated rings. The lowest BCUT2D eigenvalue weighted by Gasteiger charge is -2.14. The van der Waals surface area contributed by atoms with Crippen molar-refractivity contribution in [3.05, 3.63) is 29.8 Å². The topological polar surface area (TPSA) is 41.6 Å². The number of rotatable bonds is 3. The predicted molar refractivity (Wildman–Crippen MR) is 56.8 cm³/mol. The molecule has 2 rings (SSSR count). The van der Waals surface area contributed by atoms with Crippen molar-refractivity contribution in [2.75, 3.05) is 20.2 Å². The summed E-state index contributed by atoms with van der Waals surface area (Å²) in [5.41, 5.74) is 1.09. The van der Waals surface area contributed by atoms with Gasteiger partial charge in [0.2, 0.25) is 0 Å². The van der Waals surface area contributed by atoms with Crippen LogP contribution in [0, 0.1) is 0 Å². The Labute approximate surface area is 88.8 Å². The summed E-state index contributed by atoms with van der Waals surface area (Å²) in [6.07, 6.45) is 0. The Bertz CT molecular complexity index is 365. The summed E-state index contributed by atoms with van der Waals surface area (Å²) in [6.45, 7) is 2.15. The maximum atomic E-state index is 11.3. The van der Waals surface area contributed by atoms with Gasteiger partial charge in [-0.15, -0.1) is 0 Å². The molecule has 0 aliphatic carbocycles. The number of urea groups is 1. The zero-order valence-electron chi connectivity index (χ0n) is 8.69. The highest BCUT2D eigenvalue weighted by Crippen LogP contribution is 2.14. The van der Waals surface area contributed by atoms with Crippen molar-refractivity contribution >= 4 is 6.03 Å². The van der Waals surface area contributed by atoms with Crippen LogP contribution in [0.2, 0.25) is 0 Å². The summed E-state index contributed by atoms with van der Waals surface area (Å²) in [4.78, 5) is 13.1. The smallest absolute Gasteiger partial charge is 0.317 e. The normalized spacial score (nSPS) is 15.3. The number of nitrogens with zero attached hydrogens (tertiary/aromatic N) is 1. The molecule has 1 saturated heterocycles. The first kappa shape index (κ1) is 9.83. The molecule has 1 aliphatic heterocycles. The molecule has 80 valence electrons. The van der Waals surface area contributed by atoms with Crippen LogP contribution in [0.4, 0.5) is 4.79 Å². The molecule has 0 bridgehead atoms. The van der Waals surface area contributed by atoms with Gasteiger partial charge in [-0.2, -0.15) is 0 Å². The van der Waals surface area contributed by atoms with Crippen molar-refractivity contribution < 1.29 is 9.53 Å². The molecule has 4 nitrogen and oxygen atoms in total. The van der Waals surface area contributed by atoms with E-state index in [1.807, 2.05) is 24.3 Å². The zero-order valence-corrected chi connectivity index (χ0v) is 8.69. The van der Waals surface area contributed by atoms with Gasteiger partial charge in [-0.25, -0.2) is 4.79 Å². The standard InChI is InChI=1S/C11H14N2O2/c1-15-10-4-2-3-9(7-10)8-13-6-5-12-11(13)14/h2-4,7H,5-6,8H2,1H3,(H,12,14). The predicted octanol–water partition coefficient (Wildman–Crippen LogP) is 1.22. The number of carbonyl (C=O) groups excluding carboxylic acids is 1. The molecule has 0 atom stereocenters. The lowest BCUT2D eigenvalue weighted by Crippen LogP contribution is -2.27. The van der Waals surface area contributed by atoms with Gasteiger partial charge in [0.15, 0.2) is 0 Å². The second-order valence-corrected chi connectivity index (χ2v) is 3.51. The summed E-state index contributed by atoms with van der Waals surface area (Å²) in [5, 5.41) is 2.77. The monoisotopic (exact) mass is 206 g/mol. The van der Waals surface area contributed by atoms with E-state index in [4.69, 9.17) is 4.74 Å². The number of benzene rings is 1. The minimum atomic E-state index is 0.0119. The Morgan fingerprint density at radius 1 is 1.53 bits per heavy atom. The molecular formula is C11H14N2O2. The number of hydrogen-bond acceptors (Lipinski definition) is 2. The number of carbonyl (C=O) groups is 1. The van der Waals surface area contributed by atoms with Gasteiger partial charge in [0.1, 0.15) is 5.75 Å². The largest absolute Gasteiger partial charge is 0.497 e. The molecule has 1 aliphatic rings. The first-order valence-corrected chi connectivity index (χ1v) is 4.95. The van der Waals surface area contributed by atoms with Crippen molar-refractivity contribution in [1.82, 2.24) is 10.2 Å². The fourth-order valence-corrected chi connectivity index (χ4v) is 1.65. The Balaban J connectivity index is 2.06. The molecule has 1 heterocycles. The highest BCUT2D eigenvalue weighted by Gasteiger charge is 2.19. The Kier molecular flexibility index (Phi) is 2.76. The molecular weight excluding hydrogens is 192 g/mol. The van der Waals surface area contributed by atoms with E-state index in [2.05, 4.69) is 5.32 Å². The third-order valence-corrected chi connectivity index (χ3v) is 2.45. The molecule has 0 radical (unpaired) electrons. The summed E-state index contributed by atoms with van der Waals surface area (Å²) >= 11 is 0. The van der Waals surface area contributed by atoms with E-state index >= 15 is 0 Å². The van der Waals surface area contributed by atoms with Crippen LogP contribution >= 0.6 is 0 Å². The summed E-state index contributed by atoms with van der Waals surface area (Å²) in [5.74, 6) is 0.826. The van der Waals surface area contributed by atoms with E-state index in [9.17, 15) is 4.79 Å². The maximum absolute atomic E-state index is 11.3. The number of hydrogen-bond donors (Lipinski definition) is 1. The van der Waals surface area contributed by atoms with E-state index in [0.717, 1.165) is 24.4 Å². The molecule has 4 heteroatoms. The van der Waals surface area contributed by atoms with E-state index in [-0.39, 0.29) is 6.03 Å². The number of nitrogens with one attached hydrogen (secondary N) is 1. The van der Waals surface area contributed by atoms with Crippen LogP contribution in [-0.4, -0.2) is 31.1 Å². The third-order valence-electron chi connectivity index (χ3n) is 2.45. The van der Waals surface area contributed by atoms with Crippen molar-refractivity contribution in [3.63, 3.8) is 0 Å². The second-order valence-electron chi connectivity index (χ2n) is 3.51. The molecule has 1 aromatic rings. The molecule has 15 heavy (non-hydrogen) atoms. The van der Waals surface area contributed by atoms with Crippen LogP contribution < -0.4 is 10.1 Å². The first-order valence-electron chi connectivity index (χ1n) is 4.95. The Morgan fingerprint density at radius 3 is 3.07 bits per heavy atom. The minimum absolute atomic E-state index is 0.0119. The van der Waals surface area contributed by atoms with Crippen LogP contribution in [0.1, 0.15) is 5.56 Å². The fourth-order valence-electron chi connectivity index (χ4n) is 1.65. The highest BCUT2D eigenvalue weighted by atomic mass is 16.5. The van der Waals surface area contributed by atoms with Gasteiger partial charge in [0.25, 0.3) is 0 Å². The highest BCUT2D eigenvalue weighted by molar-refractivity contribution is 5.76. The lowest BCUT2D eigenvalue weighted by atomic mass is 10.2. The molecule has 2 amide bonds. The average molecular weight is 206 g/mol. The third kappa shape index (κ3) is 2.21. The van der Waals surface area contributed by atoms with Gasteiger partial charge in [-0.3, -0.25) is 0 Å². The van der Waals surface area contributed by atoms with Crippen LogP contribution in [0.3, 0.4) is 0 Å². The minimum Gasteiger partial charge on any atom is -0.497 e. The second kappa shape index (κ2) is 4.21. The summed E-state index contributed by atoms with van der Waals surface area (Å²) in [6, 6.07) is 7.79. The van der Waals surface area contributed by atoms with Crippen molar-refractivity contribution in [3.8, 4) is 5.75 Å². The van der Waals surface area contributed by atoms with Crippen LogP contribution in [0.25, 0.3) is 0 Å². The van der Waals surface area contributed by atoms with Gasteiger partial charge in [0, 0.05) is 19.6 Å². The Morgan fingerprint density at radius 2 is 2.40 bits per heavy atom. The van der Waals surface area contributed by atoms with Crippen LogP contribution in [0.5, 0.6) is 5.75 Å². The van der Waals surface area contributed by atoms with Crippen molar-refractivity contribution in [2.24, 2.45) is 0 Å². The quantitative estimate of drug-likeness (QED) is 0.808. The zero-order chi connectivity index (χ0) is 10.7. The SMILES string of the molecule is COc1cccc(CN2CCNC2=O)c1. The molecule has 0 saturated carbocycles. The first-order chi connectivity index (χ1) is 7.29. The van der Waals surface area contributed by atoms with Crippen LogP contribution in [-0.2, 0) is 6.54 Å². The fraction of sp³-hybridized carbons (Fsp3) is 0.364. The van der Waals surface area contributed by atoms with Crippen molar-refractivity contribution in [1.29, 1.82) is 0 Å². The summed E-state index contributed by atoms with van der Waals surface area (Å²) in [7, 11) is 1.64. The van der Waals surface area contributed by atoms with E-state index < -0.39 is 0 Å². The van der Waals surface area contributed by atoms with E-state index in [1.165, 1.54) is 0 Å². The lowest BCUT2D eigenvalue weighted by molar-refractivity contribution is 0.215. The molecule has 1 aromatic carbocycles. The molecule has 1 N–H and O–H groups in total. The number of amides is 2. The average Bonchev–Trinajstić information content (AvgIpc) is 2.65. The van der Waals surface area contributed by atoms with Crippen LogP contribution in [0.15, 0.2) is 24.3 Å². The number of methoxy groups -OCH3 is 1. The van der Waals surface area contributed by atoms with Gasteiger partial charge in [-0.05, 0) is 17.7 Å². The number of ether oxygens (including phenoxy) is 1. The van der Waals surface area contributed by atoms with Gasteiger partial charge >= 0.3 is 6.03 Å². The molecule has 0 spiro atoms. The summed E-state index contributed by atoms with van der Waals surface area (Å²) < 4.78 is 5.13. The maximum Gasteiger partial charge on any atom is 0.317 e. The van der Waals surface area contributed by atoms with E-state index in [0.29, 0.717) is 6.54 Å². The molecule has 0 aromatic heterocycles. The van der Waals surface area contributed by atoms with Gasteiger partial charge in [-0.1, -0.05) is 12.1 Å². The Hall–Kier alpha value is -1.71. The molecule has 0 unspecified atom stereocenters. The van der Waals surface area contributed by atoms with Gasteiger partial charge < -0.3 is 15.0 Å². The van der Waals surface area contributed by atoms with Crippen molar-refractivity contribution in [2.45, 2.75) is 6.54 Å². The van der Waals surface area contributed by atoms with E-state index in [1.54, 1.807) is 12.0 Å².